The van der Waals surface area contributed by atoms with Crippen LogP contribution in [0.2, 0.25) is 0 Å². The van der Waals surface area contributed by atoms with E-state index >= 15 is 0 Å². The number of carbonyl (C=O) groups excluding carboxylic acids is 1. The molecule has 1 saturated heterocycles. The van der Waals surface area contributed by atoms with E-state index in [4.69, 9.17) is 20.3 Å². The standard InChI is InChI=1S/C42H68N4O5/c1-12-44-35(47)30-16-20-45-46(30)31-21-37(7)22-50-24-42(34(31)51-23-41(11,43)26(4)5)29-15-17-40(10)33(36(48)49)38(8,27(6)25(2)3)18-19-39(40,9)28(29)13-14-32(37)42/h15-16,20,25-28,31-34H,12-14,17-19,21-24,43H2,1-11H3,(H,44,47)(H,48,49)/t27-,28+,31-,32-,33-,34+,37-,38-,39-,40+,41+,42+/m1/s1. The SMILES string of the molecule is CCNC(=O)c1ccnn1[C@@H]1C[C@]2(C)COC[C@@]3(C4=CC[C@@]5(C)[C@H](C(=O)O)[C@@](C)([C@H](C)C(C)C)CC[C@]5(C)[C@H]4CC[C@H]23)[C@H]1OC[C@](C)(N)C(C)C. The second-order valence-electron chi connectivity index (χ2n) is 19.6. The van der Waals surface area contributed by atoms with Gasteiger partial charge >= 0.3 is 5.97 Å². The van der Waals surface area contributed by atoms with Gasteiger partial charge in [0.2, 0.25) is 0 Å². The van der Waals surface area contributed by atoms with E-state index in [0.717, 1.165) is 32.1 Å². The van der Waals surface area contributed by atoms with E-state index < -0.39 is 28.3 Å². The highest BCUT2D eigenvalue weighted by Crippen LogP contribution is 2.75. The number of aliphatic carboxylic acids is 1. The molecule has 1 amide bonds. The van der Waals surface area contributed by atoms with Gasteiger partial charge in [0.15, 0.2) is 0 Å². The number of carbonyl (C=O) groups is 2. The van der Waals surface area contributed by atoms with Crippen molar-refractivity contribution in [3.8, 4) is 0 Å². The van der Waals surface area contributed by atoms with E-state index in [1.165, 1.54) is 5.57 Å². The van der Waals surface area contributed by atoms with E-state index in [1.54, 1.807) is 6.20 Å². The van der Waals surface area contributed by atoms with Crippen molar-refractivity contribution in [2.24, 2.45) is 68.3 Å². The second-order valence-corrected chi connectivity index (χ2v) is 19.6. The van der Waals surface area contributed by atoms with Gasteiger partial charge in [0.05, 0.1) is 37.9 Å². The maximum absolute atomic E-state index is 13.6. The number of hydrogen-bond acceptors (Lipinski definition) is 6. The van der Waals surface area contributed by atoms with Crippen LogP contribution in [0.15, 0.2) is 23.9 Å². The number of nitrogens with zero attached hydrogens (tertiary/aromatic N) is 2. The minimum absolute atomic E-state index is 0.131. The van der Waals surface area contributed by atoms with Crippen LogP contribution in [0, 0.1) is 62.6 Å². The zero-order valence-electron chi connectivity index (χ0n) is 33.5. The van der Waals surface area contributed by atoms with E-state index in [0.29, 0.717) is 50.3 Å². The third kappa shape index (κ3) is 5.51. The molecule has 9 nitrogen and oxygen atoms in total. The molecule has 1 aliphatic heterocycles. The molecule has 4 aliphatic carbocycles. The van der Waals surface area contributed by atoms with Crippen molar-refractivity contribution in [2.45, 2.75) is 132 Å². The highest BCUT2D eigenvalue weighted by molar-refractivity contribution is 5.92. The first-order valence-corrected chi connectivity index (χ1v) is 20.0. The highest BCUT2D eigenvalue weighted by Gasteiger charge is 2.72. The topological polar surface area (TPSA) is 129 Å². The molecule has 0 spiro atoms. The lowest BCUT2D eigenvalue weighted by molar-refractivity contribution is -0.254. The maximum atomic E-state index is 13.6. The first-order chi connectivity index (χ1) is 23.7. The van der Waals surface area contributed by atoms with Gasteiger partial charge in [-0.15, -0.1) is 0 Å². The minimum atomic E-state index is -0.651. The van der Waals surface area contributed by atoms with Gasteiger partial charge in [0.25, 0.3) is 5.91 Å². The Bertz CT molecular complexity index is 1530. The molecule has 9 heteroatoms. The predicted molar refractivity (Wildman–Crippen MR) is 200 cm³/mol. The quantitative estimate of drug-likeness (QED) is 0.215. The zero-order valence-corrected chi connectivity index (χ0v) is 33.5. The fourth-order valence-corrected chi connectivity index (χ4v) is 12.5. The van der Waals surface area contributed by atoms with Crippen LogP contribution in [-0.2, 0) is 14.3 Å². The molecule has 2 bridgehead atoms. The normalized spacial score (nSPS) is 42.2. The smallest absolute Gasteiger partial charge is 0.307 e. The van der Waals surface area contributed by atoms with Gasteiger partial charge in [0.1, 0.15) is 5.69 Å². The molecule has 1 aromatic rings. The van der Waals surface area contributed by atoms with Crippen molar-refractivity contribution in [3.05, 3.63) is 29.6 Å². The van der Waals surface area contributed by atoms with Gasteiger partial charge in [0, 0.05) is 23.7 Å². The lowest BCUT2D eigenvalue weighted by atomic mass is 9.34. The van der Waals surface area contributed by atoms with Crippen LogP contribution >= 0.6 is 0 Å². The first kappa shape index (κ1) is 38.5. The summed E-state index contributed by atoms with van der Waals surface area (Å²) < 4.78 is 16.0. The van der Waals surface area contributed by atoms with Crippen LogP contribution in [0.1, 0.15) is 131 Å². The molecule has 4 fully saturated rings. The number of nitrogens with two attached hydrogens (primary N) is 1. The van der Waals surface area contributed by atoms with Crippen LogP contribution in [0.5, 0.6) is 0 Å². The Labute approximate surface area is 307 Å². The number of nitrogens with one attached hydrogen (secondary N) is 1. The fraction of sp³-hybridized carbons (Fsp3) is 0.833. The molecule has 4 N–H and O–H groups in total. The Kier molecular flexibility index (Phi) is 9.79. The van der Waals surface area contributed by atoms with Crippen LogP contribution in [0.25, 0.3) is 0 Å². The Morgan fingerprint density at radius 1 is 1.12 bits per heavy atom. The summed E-state index contributed by atoms with van der Waals surface area (Å²) in [6, 6.07) is 1.61. The van der Waals surface area contributed by atoms with Crippen molar-refractivity contribution >= 4 is 11.9 Å². The molecule has 3 saturated carbocycles. The van der Waals surface area contributed by atoms with Crippen molar-refractivity contribution in [1.29, 1.82) is 0 Å². The van der Waals surface area contributed by atoms with Crippen molar-refractivity contribution in [2.75, 3.05) is 26.4 Å². The monoisotopic (exact) mass is 709 g/mol. The molecular weight excluding hydrogens is 640 g/mol. The lowest BCUT2D eigenvalue weighted by Crippen LogP contribution is -2.70. The molecule has 286 valence electrons. The molecule has 51 heavy (non-hydrogen) atoms. The number of ether oxygens (including phenoxy) is 2. The Morgan fingerprint density at radius 3 is 2.45 bits per heavy atom. The Morgan fingerprint density at radius 2 is 1.82 bits per heavy atom. The highest BCUT2D eigenvalue weighted by atomic mass is 16.5. The molecule has 2 heterocycles. The average Bonchev–Trinajstić information content (AvgIpc) is 3.54. The van der Waals surface area contributed by atoms with Gasteiger partial charge in [-0.25, -0.2) is 0 Å². The summed E-state index contributed by atoms with van der Waals surface area (Å²) in [5.74, 6) is 0.140. The van der Waals surface area contributed by atoms with Crippen LogP contribution in [0.4, 0.5) is 0 Å². The van der Waals surface area contributed by atoms with Gasteiger partial charge in [-0.2, -0.15) is 5.10 Å². The number of hydrogen-bond donors (Lipinski definition) is 3. The second kappa shape index (κ2) is 13.0. The van der Waals surface area contributed by atoms with Gasteiger partial charge in [-0.1, -0.05) is 74.0 Å². The van der Waals surface area contributed by atoms with E-state index in [2.05, 4.69) is 80.6 Å². The summed E-state index contributed by atoms with van der Waals surface area (Å²) in [6.07, 6.45) is 9.31. The summed E-state index contributed by atoms with van der Waals surface area (Å²) in [5.41, 5.74) is 6.75. The van der Waals surface area contributed by atoms with Crippen molar-refractivity contribution < 1.29 is 24.2 Å². The average molecular weight is 709 g/mol. The summed E-state index contributed by atoms with van der Waals surface area (Å²) >= 11 is 0. The number of carboxylic acid groups (broad SMARTS) is 1. The maximum Gasteiger partial charge on any atom is 0.307 e. The third-order valence-electron chi connectivity index (χ3n) is 16.5. The largest absolute Gasteiger partial charge is 0.481 e. The molecule has 0 radical (unpaired) electrons. The number of allylic oxidation sites excluding steroid dienone is 1. The molecule has 5 aliphatic rings. The molecule has 6 rings (SSSR count). The number of aromatic nitrogens is 2. The van der Waals surface area contributed by atoms with E-state index in [9.17, 15) is 14.7 Å². The first-order valence-electron chi connectivity index (χ1n) is 20.0. The van der Waals surface area contributed by atoms with Gasteiger partial charge in [-0.3, -0.25) is 14.3 Å². The number of amides is 1. The summed E-state index contributed by atoms with van der Waals surface area (Å²) in [4.78, 5) is 27.0. The number of carboxylic acids is 1. The minimum Gasteiger partial charge on any atom is -0.481 e. The van der Waals surface area contributed by atoms with Crippen LogP contribution in [-0.4, -0.2) is 64.8 Å². The Balaban J connectivity index is 1.53. The van der Waals surface area contributed by atoms with Crippen molar-refractivity contribution in [1.82, 2.24) is 15.1 Å². The number of fused-ring (bicyclic) bond motifs is 3. The van der Waals surface area contributed by atoms with E-state index in [-0.39, 0.29) is 52.1 Å². The summed E-state index contributed by atoms with van der Waals surface area (Å²) in [5, 5.41) is 19.0. The summed E-state index contributed by atoms with van der Waals surface area (Å²) in [7, 11) is 0. The van der Waals surface area contributed by atoms with E-state index in [1.807, 2.05) is 17.7 Å². The fourth-order valence-electron chi connectivity index (χ4n) is 12.5. The molecule has 1 aromatic heterocycles. The Hall–Kier alpha value is -2.23. The predicted octanol–water partition coefficient (Wildman–Crippen LogP) is 7.52. The molecular formula is C42H68N4O5. The number of rotatable bonds is 10. The lowest BCUT2D eigenvalue weighted by Gasteiger charge is -2.71. The third-order valence-corrected chi connectivity index (χ3v) is 16.5. The molecule has 0 unspecified atom stereocenters. The van der Waals surface area contributed by atoms with Crippen LogP contribution in [0.3, 0.4) is 0 Å². The van der Waals surface area contributed by atoms with Gasteiger partial charge in [-0.05, 0) is 110 Å². The zero-order chi connectivity index (χ0) is 37.5. The molecule has 0 aromatic carbocycles. The van der Waals surface area contributed by atoms with Gasteiger partial charge < -0.3 is 25.6 Å². The van der Waals surface area contributed by atoms with Crippen LogP contribution < -0.4 is 11.1 Å². The molecule has 12 atom stereocenters. The van der Waals surface area contributed by atoms with Crippen molar-refractivity contribution in [3.63, 3.8) is 0 Å². The summed E-state index contributed by atoms with van der Waals surface area (Å²) in [6.45, 7) is 26.5.